The number of para-hydroxylation sites is 1. The lowest BCUT2D eigenvalue weighted by Gasteiger charge is -2.13. The van der Waals surface area contributed by atoms with Crippen LogP contribution in [0.3, 0.4) is 0 Å². The van der Waals surface area contributed by atoms with E-state index < -0.39 is 5.97 Å². The number of aryl methyl sites for hydroxylation is 1. The van der Waals surface area contributed by atoms with Gasteiger partial charge in [0.2, 0.25) is 0 Å². The molecule has 9 heteroatoms. The Bertz CT molecular complexity index is 1400. The molecule has 1 heterocycles. The maximum absolute atomic E-state index is 12.3. The smallest absolute Gasteiger partial charge is 0.339 e. The number of aromatic carboxylic acids is 1. The monoisotopic (exact) mass is 503 g/mol. The van der Waals surface area contributed by atoms with Gasteiger partial charge >= 0.3 is 12.0 Å². The first-order chi connectivity index (χ1) is 17.4. The number of urea groups is 1. The van der Waals surface area contributed by atoms with Crippen LogP contribution in [-0.4, -0.2) is 36.3 Å². The molecule has 8 nitrogen and oxygen atoms in total. The van der Waals surface area contributed by atoms with Crippen LogP contribution in [0.1, 0.15) is 26.5 Å². The molecule has 4 aromatic rings. The second-order valence-corrected chi connectivity index (χ2v) is 8.87. The number of anilines is 2. The zero-order chi connectivity index (χ0) is 25.7. The summed E-state index contributed by atoms with van der Waals surface area (Å²) in [4.78, 5) is 28.5. The lowest BCUT2D eigenvalue weighted by Crippen LogP contribution is -2.19. The van der Waals surface area contributed by atoms with Crippen LogP contribution in [0.15, 0.2) is 66.0 Å². The number of amides is 2. The molecule has 0 unspecified atom stereocenters. The molecule has 0 saturated carbocycles. The van der Waals surface area contributed by atoms with Gasteiger partial charge in [0.05, 0.1) is 24.9 Å². The number of methoxy groups -OCH3 is 2. The highest BCUT2D eigenvalue weighted by Gasteiger charge is 2.21. The highest BCUT2D eigenvalue weighted by molar-refractivity contribution is 7.10. The standard InChI is InChI=1S/C27H25N3O5S/c1-16-6-4-5-7-21(16)30-27(33)28-18-10-8-17(9-11-18)14-23-29-22(15-36-23)19-12-13-20(26(31)32)25(35-3)24(19)34-2/h4-13,15H,14H2,1-3H3,(H,31,32)(H2,28,30,33). The molecule has 0 aliphatic heterocycles. The average Bonchev–Trinajstić information content (AvgIpc) is 3.33. The first kappa shape index (κ1) is 24.7. The number of ether oxygens (including phenoxy) is 2. The third-order valence-corrected chi connectivity index (χ3v) is 6.39. The Hall–Kier alpha value is -4.37. The van der Waals surface area contributed by atoms with Gasteiger partial charge in [-0.3, -0.25) is 0 Å². The van der Waals surface area contributed by atoms with Gasteiger partial charge in [0.1, 0.15) is 5.56 Å². The maximum atomic E-state index is 12.3. The first-order valence-corrected chi connectivity index (χ1v) is 11.9. The van der Waals surface area contributed by atoms with E-state index >= 15 is 0 Å². The molecule has 0 aliphatic carbocycles. The molecule has 0 aliphatic rings. The summed E-state index contributed by atoms with van der Waals surface area (Å²) in [7, 11) is 2.88. The lowest BCUT2D eigenvalue weighted by atomic mass is 10.1. The lowest BCUT2D eigenvalue weighted by molar-refractivity contribution is 0.0692. The molecular formula is C27H25N3O5S. The molecule has 1 aromatic heterocycles. The van der Waals surface area contributed by atoms with Crippen molar-refractivity contribution < 1.29 is 24.2 Å². The Labute approximate surface area is 212 Å². The van der Waals surface area contributed by atoms with E-state index in [9.17, 15) is 14.7 Å². The fourth-order valence-electron chi connectivity index (χ4n) is 3.73. The number of carbonyl (C=O) groups is 2. The van der Waals surface area contributed by atoms with Crippen molar-refractivity contribution in [3.05, 3.63) is 87.7 Å². The van der Waals surface area contributed by atoms with Crippen LogP contribution in [0.2, 0.25) is 0 Å². The number of nitrogens with one attached hydrogen (secondary N) is 2. The Morgan fingerprint density at radius 1 is 0.944 bits per heavy atom. The molecule has 36 heavy (non-hydrogen) atoms. The normalized spacial score (nSPS) is 10.5. The van der Waals surface area contributed by atoms with Gasteiger partial charge in [0, 0.05) is 28.7 Å². The van der Waals surface area contributed by atoms with Crippen LogP contribution in [-0.2, 0) is 6.42 Å². The number of aromatic nitrogens is 1. The van der Waals surface area contributed by atoms with Crippen LogP contribution in [0.5, 0.6) is 11.5 Å². The quantitative estimate of drug-likeness (QED) is 0.269. The van der Waals surface area contributed by atoms with Crippen LogP contribution in [0.4, 0.5) is 16.2 Å². The van der Waals surface area contributed by atoms with Gasteiger partial charge in [-0.25, -0.2) is 14.6 Å². The van der Waals surface area contributed by atoms with E-state index in [1.54, 1.807) is 6.07 Å². The van der Waals surface area contributed by atoms with Crippen LogP contribution < -0.4 is 20.1 Å². The number of thiazole rings is 1. The Morgan fingerprint density at radius 3 is 2.33 bits per heavy atom. The molecule has 0 fully saturated rings. The molecule has 0 bridgehead atoms. The second-order valence-electron chi connectivity index (χ2n) is 7.93. The predicted octanol–water partition coefficient (Wildman–Crippen LogP) is 6.07. The van der Waals surface area contributed by atoms with Gasteiger partial charge < -0.3 is 25.2 Å². The molecule has 0 saturated heterocycles. The largest absolute Gasteiger partial charge is 0.492 e. The van der Waals surface area contributed by atoms with Crippen LogP contribution in [0, 0.1) is 6.92 Å². The second kappa shape index (κ2) is 10.9. The summed E-state index contributed by atoms with van der Waals surface area (Å²) in [5.41, 5.74) is 4.81. The molecule has 0 spiro atoms. The summed E-state index contributed by atoms with van der Waals surface area (Å²) >= 11 is 1.50. The number of benzene rings is 3. The van der Waals surface area contributed by atoms with Crippen LogP contribution in [0.25, 0.3) is 11.3 Å². The van der Waals surface area contributed by atoms with E-state index in [1.807, 2.05) is 60.8 Å². The van der Waals surface area contributed by atoms with E-state index in [2.05, 4.69) is 10.6 Å². The van der Waals surface area contributed by atoms with Gasteiger partial charge in [-0.15, -0.1) is 11.3 Å². The Kier molecular flexibility index (Phi) is 7.50. The fourth-order valence-corrected chi connectivity index (χ4v) is 4.56. The molecule has 4 rings (SSSR count). The summed E-state index contributed by atoms with van der Waals surface area (Å²) in [6.45, 7) is 1.94. The van der Waals surface area contributed by atoms with Crippen molar-refractivity contribution in [3.63, 3.8) is 0 Å². The third-order valence-electron chi connectivity index (χ3n) is 5.54. The topological polar surface area (TPSA) is 110 Å². The van der Waals surface area contributed by atoms with Crippen molar-refractivity contribution in [3.8, 4) is 22.8 Å². The predicted molar refractivity (Wildman–Crippen MR) is 141 cm³/mol. The number of rotatable bonds is 8. The van der Waals surface area contributed by atoms with E-state index in [4.69, 9.17) is 14.5 Å². The first-order valence-electron chi connectivity index (χ1n) is 11.0. The van der Waals surface area contributed by atoms with Gasteiger partial charge in [0.15, 0.2) is 11.5 Å². The van der Waals surface area contributed by atoms with E-state index in [0.29, 0.717) is 29.1 Å². The molecular weight excluding hydrogens is 478 g/mol. The Balaban J connectivity index is 1.45. The molecule has 2 amide bonds. The van der Waals surface area contributed by atoms with E-state index in [1.165, 1.54) is 31.6 Å². The van der Waals surface area contributed by atoms with E-state index in [-0.39, 0.29) is 17.3 Å². The molecule has 184 valence electrons. The van der Waals surface area contributed by atoms with Crippen molar-refractivity contribution in [2.75, 3.05) is 24.9 Å². The minimum absolute atomic E-state index is 0.0230. The van der Waals surface area contributed by atoms with Crippen molar-refractivity contribution >= 4 is 34.7 Å². The van der Waals surface area contributed by atoms with Gasteiger partial charge in [0.25, 0.3) is 0 Å². The minimum Gasteiger partial charge on any atom is -0.492 e. The zero-order valence-corrected chi connectivity index (χ0v) is 20.8. The summed E-state index contributed by atoms with van der Waals surface area (Å²) in [6, 6.07) is 18.0. The fraction of sp³-hybridized carbons (Fsp3) is 0.148. The number of carbonyl (C=O) groups excluding carboxylic acids is 1. The highest BCUT2D eigenvalue weighted by atomic mass is 32.1. The van der Waals surface area contributed by atoms with E-state index in [0.717, 1.165) is 21.8 Å². The summed E-state index contributed by atoms with van der Waals surface area (Å²) in [5, 5.41) is 17.9. The van der Waals surface area contributed by atoms with Crippen LogP contribution >= 0.6 is 11.3 Å². The number of carboxylic acids is 1. The zero-order valence-electron chi connectivity index (χ0n) is 20.0. The average molecular weight is 504 g/mol. The summed E-state index contributed by atoms with van der Waals surface area (Å²) < 4.78 is 10.8. The molecule has 3 N–H and O–H groups in total. The van der Waals surface area contributed by atoms with Crippen molar-refractivity contribution in [2.45, 2.75) is 13.3 Å². The number of nitrogens with zero attached hydrogens (tertiary/aromatic N) is 1. The Morgan fingerprint density at radius 2 is 1.67 bits per heavy atom. The highest BCUT2D eigenvalue weighted by Crippen LogP contribution is 2.41. The van der Waals surface area contributed by atoms with Crippen molar-refractivity contribution in [2.24, 2.45) is 0 Å². The molecule has 0 radical (unpaired) electrons. The maximum Gasteiger partial charge on any atom is 0.339 e. The van der Waals surface area contributed by atoms with Crippen molar-refractivity contribution in [1.82, 2.24) is 4.98 Å². The number of carboxylic acid groups (broad SMARTS) is 1. The molecule has 3 aromatic carbocycles. The number of hydrogen-bond acceptors (Lipinski definition) is 6. The SMILES string of the molecule is COc1c(C(=O)O)ccc(-c2csc(Cc3ccc(NC(=O)Nc4ccccc4C)cc3)n2)c1OC. The molecule has 0 atom stereocenters. The van der Waals surface area contributed by atoms with Crippen molar-refractivity contribution in [1.29, 1.82) is 0 Å². The van der Waals surface area contributed by atoms with Gasteiger partial charge in [-0.2, -0.15) is 0 Å². The number of hydrogen-bond donors (Lipinski definition) is 3. The summed E-state index contributed by atoms with van der Waals surface area (Å²) in [5.74, 6) is -0.610. The summed E-state index contributed by atoms with van der Waals surface area (Å²) in [6.07, 6.45) is 0.604. The third kappa shape index (κ3) is 5.47. The minimum atomic E-state index is -1.10. The van der Waals surface area contributed by atoms with Gasteiger partial charge in [-0.05, 0) is 48.4 Å². The van der Waals surface area contributed by atoms with Gasteiger partial charge in [-0.1, -0.05) is 30.3 Å².